The van der Waals surface area contributed by atoms with E-state index in [2.05, 4.69) is 10.6 Å². The average molecular weight is 586 g/mol. The number of hydrogen-bond donors (Lipinski definition) is 3. The Morgan fingerprint density at radius 2 is 1.63 bits per heavy atom. The molecule has 0 bridgehead atoms. The molecule has 2 aliphatic rings. The van der Waals surface area contributed by atoms with Crippen molar-refractivity contribution >= 4 is 35.2 Å². The molecule has 11 nitrogen and oxygen atoms in total. The van der Waals surface area contributed by atoms with Crippen molar-refractivity contribution in [2.24, 2.45) is 0 Å². The molecular weight excluding hydrogens is 554 g/mol. The Kier molecular flexibility index (Phi) is 8.53. The number of hydrogen-bond acceptors (Lipinski definition) is 8. The van der Waals surface area contributed by atoms with Crippen molar-refractivity contribution in [2.75, 3.05) is 11.4 Å². The summed E-state index contributed by atoms with van der Waals surface area (Å²) in [6, 6.07) is 16.6. The predicted molar refractivity (Wildman–Crippen MR) is 154 cm³/mol. The Labute approximate surface area is 247 Å². The molecule has 3 atom stereocenters. The van der Waals surface area contributed by atoms with Gasteiger partial charge in [-0.05, 0) is 54.8 Å². The Morgan fingerprint density at radius 1 is 0.953 bits per heavy atom. The summed E-state index contributed by atoms with van der Waals surface area (Å²) < 4.78 is 11.0. The van der Waals surface area contributed by atoms with E-state index in [0.29, 0.717) is 11.1 Å². The SMILES string of the molecule is Cc1cc(C(=O)N[C@H]2CC(=O)c3ccccc3N(CC(=O)N[C@H]3CC(=O)OC3OCc3ccccc3)C2=O)cc(C)c1O. The highest BCUT2D eigenvalue weighted by atomic mass is 16.7. The highest BCUT2D eigenvalue weighted by Gasteiger charge is 2.39. The highest BCUT2D eigenvalue weighted by molar-refractivity contribution is 6.14. The fraction of sp³-hybridized carbons (Fsp3) is 0.281. The van der Waals surface area contributed by atoms with Gasteiger partial charge in [-0.25, -0.2) is 0 Å². The van der Waals surface area contributed by atoms with E-state index < -0.39 is 48.6 Å². The number of Topliss-reactive ketones (excluding diaryl/α,β-unsaturated/α-hetero) is 1. The van der Waals surface area contributed by atoms with E-state index in [1.807, 2.05) is 30.3 Å². The molecule has 1 unspecified atom stereocenters. The molecule has 2 heterocycles. The molecule has 1 fully saturated rings. The number of phenols is 1. The molecule has 43 heavy (non-hydrogen) atoms. The van der Waals surface area contributed by atoms with Crippen LogP contribution >= 0.6 is 0 Å². The van der Waals surface area contributed by atoms with Gasteiger partial charge in [-0.15, -0.1) is 0 Å². The van der Waals surface area contributed by atoms with Gasteiger partial charge in [0.15, 0.2) is 5.78 Å². The van der Waals surface area contributed by atoms with Crippen molar-refractivity contribution < 1.29 is 38.6 Å². The first-order chi connectivity index (χ1) is 20.6. The van der Waals surface area contributed by atoms with Crippen LogP contribution in [-0.4, -0.2) is 59.5 Å². The Morgan fingerprint density at radius 3 is 2.35 bits per heavy atom. The number of carbonyl (C=O) groups excluding carboxylic acids is 5. The van der Waals surface area contributed by atoms with Gasteiger partial charge in [0.2, 0.25) is 12.2 Å². The van der Waals surface area contributed by atoms with Crippen LogP contribution in [0.25, 0.3) is 0 Å². The third kappa shape index (κ3) is 6.57. The topological polar surface area (TPSA) is 151 Å². The number of carbonyl (C=O) groups is 5. The van der Waals surface area contributed by atoms with E-state index in [9.17, 15) is 29.1 Å². The van der Waals surface area contributed by atoms with Crippen molar-refractivity contribution in [3.8, 4) is 5.75 Å². The standard InChI is InChI=1S/C32H31N3O8/c1-18-12-21(13-19(2)29(18)39)30(40)34-23-14-26(36)22-10-6-7-11-25(22)35(31(23)41)16-27(37)33-24-15-28(38)43-32(24)42-17-20-8-4-3-5-9-20/h3-13,23-24,32,39H,14-17H2,1-2H3,(H,33,37)(H,34,40)/t23-,24-,32?/m0/s1. The lowest BCUT2D eigenvalue weighted by atomic mass is 10.0. The largest absolute Gasteiger partial charge is 0.507 e. The second kappa shape index (κ2) is 12.5. The number of rotatable bonds is 8. The van der Waals surface area contributed by atoms with Crippen molar-refractivity contribution in [1.82, 2.24) is 10.6 Å². The molecule has 5 rings (SSSR count). The molecule has 3 aromatic rings. The molecule has 2 aliphatic heterocycles. The zero-order chi connectivity index (χ0) is 30.7. The molecule has 3 N–H and O–H groups in total. The van der Waals surface area contributed by atoms with Crippen LogP contribution < -0.4 is 15.5 Å². The van der Waals surface area contributed by atoms with Crippen LogP contribution in [0.5, 0.6) is 5.75 Å². The van der Waals surface area contributed by atoms with E-state index in [0.717, 1.165) is 10.5 Å². The number of phenolic OH excluding ortho intramolecular Hbond substituents is 1. The smallest absolute Gasteiger partial charge is 0.310 e. The number of ketones is 1. The fourth-order valence-electron chi connectivity index (χ4n) is 5.19. The third-order valence-electron chi connectivity index (χ3n) is 7.38. The lowest BCUT2D eigenvalue weighted by Crippen LogP contribution is -2.52. The number of aryl methyl sites for hydroxylation is 2. The predicted octanol–water partition coefficient (Wildman–Crippen LogP) is 2.70. The first-order valence-electron chi connectivity index (χ1n) is 13.8. The fourth-order valence-corrected chi connectivity index (χ4v) is 5.19. The van der Waals surface area contributed by atoms with Crippen molar-refractivity contribution in [3.05, 3.63) is 94.5 Å². The lowest BCUT2D eigenvalue weighted by Gasteiger charge is -2.26. The number of para-hydroxylation sites is 1. The van der Waals surface area contributed by atoms with Crippen LogP contribution in [0.2, 0.25) is 0 Å². The molecule has 1 saturated heterocycles. The molecule has 0 radical (unpaired) electrons. The van der Waals surface area contributed by atoms with Crippen LogP contribution in [0.4, 0.5) is 5.69 Å². The lowest BCUT2D eigenvalue weighted by molar-refractivity contribution is -0.168. The summed E-state index contributed by atoms with van der Waals surface area (Å²) in [5.41, 5.74) is 2.51. The molecule has 0 aliphatic carbocycles. The normalized spacial score (nSPS) is 19.8. The Hall–Kier alpha value is -5.03. The highest BCUT2D eigenvalue weighted by Crippen LogP contribution is 2.28. The summed E-state index contributed by atoms with van der Waals surface area (Å²) in [7, 11) is 0. The van der Waals surface area contributed by atoms with Gasteiger partial charge in [-0.1, -0.05) is 42.5 Å². The monoisotopic (exact) mass is 585 g/mol. The minimum atomic E-state index is -1.26. The summed E-state index contributed by atoms with van der Waals surface area (Å²) in [5, 5.41) is 15.4. The number of fused-ring (bicyclic) bond motifs is 1. The molecule has 3 amide bonds. The molecule has 222 valence electrons. The summed E-state index contributed by atoms with van der Waals surface area (Å²) in [4.78, 5) is 66.6. The number of cyclic esters (lactones) is 1. The molecule has 0 saturated carbocycles. The molecule has 3 aromatic carbocycles. The maximum Gasteiger partial charge on any atom is 0.310 e. The summed E-state index contributed by atoms with van der Waals surface area (Å²) in [5.74, 6) is -2.71. The molecule has 11 heteroatoms. The molecular formula is C32H31N3O8. The van der Waals surface area contributed by atoms with Gasteiger partial charge in [0.05, 0.1) is 18.7 Å². The van der Waals surface area contributed by atoms with Crippen LogP contribution in [0, 0.1) is 13.8 Å². The van der Waals surface area contributed by atoms with E-state index in [-0.39, 0.29) is 47.8 Å². The van der Waals surface area contributed by atoms with E-state index >= 15 is 0 Å². The number of benzene rings is 3. The minimum Gasteiger partial charge on any atom is -0.507 e. The van der Waals surface area contributed by atoms with Gasteiger partial charge >= 0.3 is 5.97 Å². The van der Waals surface area contributed by atoms with E-state index in [1.54, 1.807) is 38.1 Å². The Balaban J connectivity index is 1.32. The maximum absolute atomic E-state index is 13.8. The number of aromatic hydroxyl groups is 1. The van der Waals surface area contributed by atoms with Gasteiger partial charge < -0.3 is 30.1 Å². The first-order valence-corrected chi connectivity index (χ1v) is 13.8. The van der Waals surface area contributed by atoms with Gasteiger partial charge in [0, 0.05) is 17.5 Å². The van der Waals surface area contributed by atoms with Gasteiger partial charge in [-0.3, -0.25) is 24.0 Å². The van der Waals surface area contributed by atoms with Crippen LogP contribution in [-0.2, 0) is 30.5 Å². The van der Waals surface area contributed by atoms with Crippen LogP contribution in [0.3, 0.4) is 0 Å². The number of esters is 1. The Bertz CT molecular complexity index is 1570. The summed E-state index contributed by atoms with van der Waals surface area (Å²) in [6.07, 6.45) is -1.44. The van der Waals surface area contributed by atoms with Gasteiger partial charge in [0.25, 0.3) is 11.8 Å². The van der Waals surface area contributed by atoms with E-state index in [4.69, 9.17) is 9.47 Å². The van der Waals surface area contributed by atoms with Gasteiger partial charge in [0.1, 0.15) is 24.4 Å². The van der Waals surface area contributed by atoms with Crippen molar-refractivity contribution in [2.45, 2.75) is 51.7 Å². The van der Waals surface area contributed by atoms with E-state index in [1.165, 1.54) is 12.1 Å². The first kappa shape index (κ1) is 29.5. The number of nitrogens with zero attached hydrogens (tertiary/aromatic N) is 1. The summed E-state index contributed by atoms with van der Waals surface area (Å²) >= 11 is 0. The van der Waals surface area contributed by atoms with Gasteiger partial charge in [-0.2, -0.15) is 0 Å². The molecule has 0 aromatic heterocycles. The number of amides is 3. The molecule has 0 spiro atoms. The zero-order valence-corrected chi connectivity index (χ0v) is 23.7. The second-order valence-corrected chi connectivity index (χ2v) is 10.6. The number of nitrogens with one attached hydrogen (secondary N) is 2. The van der Waals surface area contributed by atoms with Crippen LogP contribution in [0.15, 0.2) is 66.7 Å². The minimum absolute atomic E-state index is 0.0620. The number of anilines is 1. The van der Waals surface area contributed by atoms with Crippen LogP contribution in [0.1, 0.15) is 50.2 Å². The van der Waals surface area contributed by atoms with Crippen molar-refractivity contribution in [3.63, 3.8) is 0 Å². The quantitative estimate of drug-likeness (QED) is 0.342. The maximum atomic E-state index is 13.8. The van der Waals surface area contributed by atoms with Crippen molar-refractivity contribution in [1.29, 1.82) is 0 Å². The summed E-state index contributed by atoms with van der Waals surface area (Å²) in [6.45, 7) is 2.98. The third-order valence-corrected chi connectivity index (χ3v) is 7.38. The number of ether oxygens (including phenoxy) is 2. The second-order valence-electron chi connectivity index (χ2n) is 10.6. The average Bonchev–Trinajstić information content (AvgIpc) is 3.30. The zero-order valence-electron chi connectivity index (χ0n) is 23.7.